The van der Waals surface area contributed by atoms with Gasteiger partial charge in [-0.05, 0) is 23.3 Å². The molecule has 0 fully saturated rings. The average Bonchev–Trinajstić information content (AvgIpc) is 2.82. The molecule has 0 aliphatic rings. The first-order valence-corrected chi connectivity index (χ1v) is 10.2. The van der Waals surface area contributed by atoms with Gasteiger partial charge in [0.1, 0.15) is 6.10 Å². The van der Waals surface area contributed by atoms with Crippen molar-refractivity contribution in [3.63, 3.8) is 0 Å². The topological polar surface area (TPSA) is 66.8 Å². The lowest BCUT2D eigenvalue weighted by molar-refractivity contribution is -0.0552. The zero-order valence-corrected chi connectivity index (χ0v) is 17.3. The van der Waals surface area contributed by atoms with Crippen LogP contribution >= 0.6 is 0 Å². The number of hydrogen-bond donors (Lipinski definition) is 2. The van der Waals surface area contributed by atoms with Gasteiger partial charge in [-0.1, -0.05) is 92.7 Å². The Labute approximate surface area is 177 Å². The van der Waals surface area contributed by atoms with Crippen molar-refractivity contribution in [1.29, 1.82) is 0 Å². The quantitative estimate of drug-likeness (QED) is 0.521. The molecule has 0 aliphatic heterocycles. The van der Waals surface area contributed by atoms with E-state index in [1.54, 1.807) is 31.2 Å². The van der Waals surface area contributed by atoms with Gasteiger partial charge in [-0.25, -0.2) is 4.79 Å². The Morgan fingerprint density at radius 1 is 0.700 bits per heavy atom. The Morgan fingerprint density at radius 2 is 1.17 bits per heavy atom. The van der Waals surface area contributed by atoms with E-state index in [-0.39, 0.29) is 0 Å². The zero-order valence-electron chi connectivity index (χ0n) is 17.3. The van der Waals surface area contributed by atoms with Gasteiger partial charge in [0.25, 0.3) is 0 Å². The molecule has 3 aromatic carbocycles. The summed E-state index contributed by atoms with van der Waals surface area (Å²) in [6, 6.07) is 27.5. The van der Waals surface area contributed by atoms with Crippen molar-refractivity contribution in [2.24, 2.45) is 11.8 Å². The van der Waals surface area contributed by atoms with E-state index in [1.165, 1.54) is 0 Å². The van der Waals surface area contributed by atoms with Gasteiger partial charge in [0.2, 0.25) is 0 Å². The largest absolute Gasteiger partial charge is 0.454 e. The van der Waals surface area contributed by atoms with E-state index < -0.39 is 36.1 Å². The first kappa shape index (κ1) is 21.8. The van der Waals surface area contributed by atoms with Gasteiger partial charge < -0.3 is 14.9 Å². The highest BCUT2D eigenvalue weighted by Gasteiger charge is 2.35. The molecule has 3 rings (SSSR count). The Morgan fingerprint density at radius 3 is 1.70 bits per heavy atom. The fraction of sp³-hybridized carbons (Fsp3) is 0.269. The first-order chi connectivity index (χ1) is 14.5. The van der Waals surface area contributed by atoms with Gasteiger partial charge in [-0.3, -0.25) is 0 Å². The summed E-state index contributed by atoms with van der Waals surface area (Å²) in [5, 5.41) is 21.8. The van der Waals surface area contributed by atoms with E-state index in [0.717, 1.165) is 11.1 Å². The molecule has 0 spiro atoms. The molecule has 4 nitrogen and oxygen atoms in total. The highest BCUT2D eigenvalue weighted by atomic mass is 16.5. The van der Waals surface area contributed by atoms with Crippen LogP contribution < -0.4 is 0 Å². The van der Waals surface area contributed by atoms with Crippen LogP contribution in [0.15, 0.2) is 91.0 Å². The molecular weight excluding hydrogens is 376 g/mol. The van der Waals surface area contributed by atoms with Crippen LogP contribution in [0.3, 0.4) is 0 Å². The zero-order chi connectivity index (χ0) is 21.5. The van der Waals surface area contributed by atoms with E-state index in [4.69, 9.17) is 4.74 Å². The summed E-state index contributed by atoms with van der Waals surface area (Å²) in [6.45, 7) is 3.65. The summed E-state index contributed by atoms with van der Waals surface area (Å²) < 4.78 is 5.86. The van der Waals surface area contributed by atoms with E-state index in [1.807, 2.05) is 73.7 Å². The second-order valence-electron chi connectivity index (χ2n) is 7.67. The number of rotatable bonds is 8. The Balaban J connectivity index is 1.82. The maximum atomic E-state index is 12.7. The van der Waals surface area contributed by atoms with Crippen LogP contribution in [-0.4, -0.2) is 22.3 Å². The molecule has 4 heteroatoms. The lowest BCUT2D eigenvalue weighted by Gasteiger charge is -2.33. The van der Waals surface area contributed by atoms with Gasteiger partial charge in [-0.2, -0.15) is 0 Å². The van der Waals surface area contributed by atoms with Gasteiger partial charge in [-0.15, -0.1) is 0 Å². The number of aliphatic hydroxyl groups excluding tert-OH is 2. The third-order valence-corrected chi connectivity index (χ3v) is 5.57. The molecule has 2 N–H and O–H groups in total. The standard InChI is InChI=1S/C26H28O4/c1-18(24(28)20-12-6-3-7-13-20)23(27)19(2)25(21-14-8-4-9-15-21)30-26(29)22-16-10-5-11-17-22/h3-19,23-25,27-28H,1-2H3/t18-,19+,23+,24-,25+/m1/s1. The Hall–Kier alpha value is -2.95. The third kappa shape index (κ3) is 5.15. The molecule has 0 saturated carbocycles. The average molecular weight is 405 g/mol. The lowest BCUT2D eigenvalue weighted by Crippen LogP contribution is -2.35. The lowest BCUT2D eigenvalue weighted by atomic mass is 9.82. The van der Waals surface area contributed by atoms with Crippen molar-refractivity contribution in [2.45, 2.75) is 32.2 Å². The number of esters is 1. The first-order valence-electron chi connectivity index (χ1n) is 10.2. The molecule has 156 valence electrons. The molecule has 30 heavy (non-hydrogen) atoms. The molecule has 0 saturated heterocycles. The molecular formula is C26H28O4. The second-order valence-corrected chi connectivity index (χ2v) is 7.67. The summed E-state index contributed by atoms with van der Waals surface area (Å²) >= 11 is 0. The fourth-order valence-corrected chi connectivity index (χ4v) is 3.68. The van der Waals surface area contributed by atoms with Crippen molar-refractivity contribution in [1.82, 2.24) is 0 Å². The minimum absolute atomic E-state index is 0.437. The Bertz CT molecular complexity index is 912. The maximum absolute atomic E-state index is 12.7. The predicted octanol–water partition coefficient (Wildman–Crippen LogP) is 4.95. The predicted molar refractivity (Wildman–Crippen MR) is 117 cm³/mol. The summed E-state index contributed by atoms with van der Waals surface area (Å²) in [4.78, 5) is 12.7. The second kappa shape index (κ2) is 10.2. The summed E-state index contributed by atoms with van der Waals surface area (Å²) in [7, 11) is 0. The van der Waals surface area contributed by atoms with Crippen molar-refractivity contribution >= 4 is 5.97 Å². The van der Waals surface area contributed by atoms with Crippen LogP contribution in [0, 0.1) is 11.8 Å². The summed E-state index contributed by atoms with van der Waals surface area (Å²) in [6.07, 6.45) is -2.38. The van der Waals surface area contributed by atoms with Crippen LogP contribution in [-0.2, 0) is 4.74 Å². The summed E-state index contributed by atoms with van der Waals surface area (Å²) in [5.41, 5.74) is 2.00. The molecule has 5 atom stereocenters. The minimum Gasteiger partial charge on any atom is -0.454 e. The van der Waals surface area contributed by atoms with Crippen LogP contribution in [0.25, 0.3) is 0 Å². The summed E-state index contributed by atoms with van der Waals surface area (Å²) in [5.74, 6) is -1.34. The van der Waals surface area contributed by atoms with Crippen molar-refractivity contribution < 1.29 is 19.7 Å². The highest BCUT2D eigenvalue weighted by molar-refractivity contribution is 5.89. The third-order valence-electron chi connectivity index (χ3n) is 5.57. The van der Waals surface area contributed by atoms with Crippen molar-refractivity contribution in [3.05, 3.63) is 108 Å². The number of carbonyl (C=O) groups excluding carboxylic acids is 1. The molecule has 0 bridgehead atoms. The normalized spacial score (nSPS) is 16.1. The van der Waals surface area contributed by atoms with Crippen molar-refractivity contribution in [2.75, 3.05) is 0 Å². The number of carbonyl (C=O) groups is 1. The van der Waals surface area contributed by atoms with Crippen LogP contribution in [0.2, 0.25) is 0 Å². The van der Waals surface area contributed by atoms with Crippen LogP contribution in [0.5, 0.6) is 0 Å². The molecule has 3 aromatic rings. The van der Waals surface area contributed by atoms with Gasteiger partial charge in [0.15, 0.2) is 0 Å². The van der Waals surface area contributed by atoms with Crippen LogP contribution in [0.4, 0.5) is 0 Å². The minimum atomic E-state index is -0.894. The monoisotopic (exact) mass is 404 g/mol. The smallest absolute Gasteiger partial charge is 0.338 e. The molecule has 0 radical (unpaired) electrons. The molecule has 0 heterocycles. The van der Waals surface area contributed by atoms with Crippen LogP contribution in [0.1, 0.15) is 47.5 Å². The van der Waals surface area contributed by atoms with Gasteiger partial charge in [0, 0.05) is 11.8 Å². The number of aliphatic hydroxyl groups is 2. The number of ether oxygens (including phenoxy) is 1. The molecule has 0 unspecified atom stereocenters. The van der Waals surface area contributed by atoms with Gasteiger partial charge in [0.05, 0.1) is 17.8 Å². The van der Waals surface area contributed by atoms with Crippen molar-refractivity contribution in [3.8, 4) is 0 Å². The molecule has 0 aromatic heterocycles. The van der Waals surface area contributed by atoms with E-state index in [9.17, 15) is 15.0 Å². The SMILES string of the molecule is C[C@H]([C@H](O)[C@H](C)[C@H](OC(=O)c1ccccc1)c1ccccc1)[C@@H](O)c1ccccc1. The number of benzene rings is 3. The van der Waals surface area contributed by atoms with E-state index >= 15 is 0 Å². The highest BCUT2D eigenvalue weighted by Crippen LogP contribution is 2.35. The Kier molecular flexibility index (Phi) is 7.39. The number of hydrogen-bond acceptors (Lipinski definition) is 4. The molecule has 0 amide bonds. The molecule has 0 aliphatic carbocycles. The maximum Gasteiger partial charge on any atom is 0.338 e. The fourth-order valence-electron chi connectivity index (χ4n) is 3.68. The van der Waals surface area contributed by atoms with E-state index in [0.29, 0.717) is 5.56 Å². The van der Waals surface area contributed by atoms with E-state index in [2.05, 4.69) is 0 Å². The van der Waals surface area contributed by atoms with Gasteiger partial charge >= 0.3 is 5.97 Å².